The second-order valence-corrected chi connectivity index (χ2v) is 7.13. The van der Waals surface area contributed by atoms with Gasteiger partial charge in [0.25, 0.3) is 0 Å². The number of nitrogens with one attached hydrogen (secondary N) is 1. The SMILES string of the molecule is Cc1ccc(O)c(C=NNc2ncnc3sc4c(c23)CCCC4)c1. The monoisotopic (exact) mass is 338 g/mol. The lowest BCUT2D eigenvalue weighted by Crippen LogP contribution is -2.01. The van der Waals surface area contributed by atoms with Crippen LogP contribution in [0.2, 0.25) is 0 Å². The molecule has 0 saturated heterocycles. The zero-order valence-corrected chi connectivity index (χ0v) is 14.2. The molecule has 0 atom stereocenters. The summed E-state index contributed by atoms with van der Waals surface area (Å²) >= 11 is 1.77. The fourth-order valence-corrected chi connectivity index (χ4v) is 4.34. The number of hydrogen-bond donors (Lipinski definition) is 2. The van der Waals surface area contributed by atoms with E-state index in [1.54, 1.807) is 29.9 Å². The molecule has 2 aromatic heterocycles. The quantitative estimate of drug-likeness (QED) is 0.559. The van der Waals surface area contributed by atoms with Crippen LogP contribution >= 0.6 is 11.3 Å². The number of benzene rings is 1. The van der Waals surface area contributed by atoms with Crippen LogP contribution < -0.4 is 5.43 Å². The van der Waals surface area contributed by atoms with Gasteiger partial charge in [-0.15, -0.1) is 11.3 Å². The van der Waals surface area contributed by atoms with Crippen molar-refractivity contribution in [3.8, 4) is 5.75 Å². The lowest BCUT2D eigenvalue weighted by atomic mass is 9.97. The van der Waals surface area contributed by atoms with Crippen LogP contribution in [-0.4, -0.2) is 21.3 Å². The van der Waals surface area contributed by atoms with E-state index in [9.17, 15) is 5.11 Å². The number of hydrogen-bond acceptors (Lipinski definition) is 6. The number of anilines is 1. The molecule has 6 heteroatoms. The summed E-state index contributed by atoms with van der Waals surface area (Å²) in [5, 5.41) is 15.3. The maximum atomic E-state index is 9.89. The topological polar surface area (TPSA) is 70.4 Å². The summed E-state index contributed by atoms with van der Waals surface area (Å²) < 4.78 is 0. The standard InChI is InChI=1S/C18H18N4OS/c1-11-6-7-14(23)12(8-11)9-21-22-17-16-13-4-2-3-5-15(13)24-18(16)20-10-19-17/h6-10,23H,2-5H2,1H3,(H,19,20,22). The van der Waals surface area contributed by atoms with Crippen LogP contribution in [0.15, 0.2) is 29.6 Å². The van der Waals surface area contributed by atoms with Gasteiger partial charge in [-0.2, -0.15) is 5.10 Å². The minimum absolute atomic E-state index is 0.215. The fourth-order valence-electron chi connectivity index (χ4n) is 3.12. The molecule has 0 fully saturated rings. The Labute approximate surface area is 144 Å². The summed E-state index contributed by atoms with van der Waals surface area (Å²) in [6, 6.07) is 5.43. The van der Waals surface area contributed by atoms with E-state index in [0.717, 1.165) is 34.4 Å². The largest absolute Gasteiger partial charge is 0.507 e. The van der Waals surface area contributed by atoms with E-state index in [1.807, 2.05) is 19.1 Å². The van der Waals surface area contributed by atoms with Gasteiger partial charge in [-0.05, 0) is 50.3 Å². The van der Waals surface area contributed by atoms with E-state index in [1.165, 1.54) is 23.3 Å². The molecule has 1 aliphatic rings. The molecular weight excluding hydrogens is 320 g/mol. The first-order valence-corrected chi connectivity index (χ1v) is 8.88. The molecule has 24 heavy (non-hydrogen) atoms. The average Bonchev–Trinajstić information content (AvgIpc) is 2.97. The smallest absolute Gasteiger partial charge is 0.158 e. The van der Waals surface area contributed by atoms with Gasteiger partial charge in [-0.1, -0.05) is 11.6 Å². The van der Waals surface area contributed by atoms with Crippen LogP contribution in [0.5, 0.6) is 5.75 Å². The summed E-state index contributed by atoms with van der Waals surface area (Å²) in [6.45, 7) is 1.98. The molecule has 3 aromatic rings. The number of phenols is 1. The molecule has 0 amide bonds. The number of thiophene rings is 1. The lowest BCUT2D eigenvalue weighted by Gasteiger charge is -2.11. The summed E-state index contributed by atoms with van der Waals surface area (Å²) in [5.41, 5.74) is 6.16. The second-order valence-electron chi connectivity index (χ2n) is 6.05. The molecule has 0 aliphatic heterocycles. The van der Waals surface area contributed by atoms with Gasteiger partial charge in [0.1, 0.15) is 16.9 Å². The minimum atomic E-state index is 0.215. The molecule has 0 saturated carbocycles. The predicted molar refractivity (Wildman–Crippen MR) is 98.1 cm³/mol. The summed E-state index contributed by atoms with van der Waals surface area (Å²) in [6.07, 6.45) is 7.88. The first kappa shape index (κ1) is 15.1. The molecule has 0 bridgehead atoms. The lowest BCUT2D eigenvalue weighted by molar-refractivity contribution is 0.474. The van der Waals surface area contributed by atoms with E-state index < -0.39 is 0 Å². The molecule has 0 spiro atoms. The highest BCUT2D eigenvalue weighted by Crippen LogP contribution is 2.38. The molecule has 4 rings (SSSR count). The zero-order chi connectivity index (χ0) is 16.5. The first-order chi connectivity index (χ1) is 11.7. The number of aromatic hydroxyl groups is 1. The number of rotatable bonds is 3. The van der Waals surface area contributed by atoms with Crippen molar-refractivity contribution in [1.82, 2.24) is 9.97 Å². The first-order valence-electron chi connectivity index (χ1n) is 8.06. The molecule has 2 N–H and O–H groups in total. The highest BCUT2D eigenvalue weighted by molar-refractivity contribution is 7.19. The Morgan fingerprint density at radius 2 is 2.12 bits per heavy atom. The number of nitrogens with zero attached hydrogens (tertiary/aromatic N) is 3. The van der Waals surface area contributed by atoms with Crippen LogP contribution in [0.1, 0.15) is 34.4 Å². The van der Waals surface area contributed by atoms with Crippen molar-refractivity contribution in [3.63, 3.8) is 0 Å². The van der Waals surface area contributed by atoms with E-state index in [4.69, 9.17) is 0 Å². The molecule has 122 valence electrons. The van der Waals surface area contributed by atoms with Crippen LogP contribution in [0, 0.1) is 6.92 Å². The van der Waals surface area contributed by atoms with E-state index >= 15 is 0 Å². The van der Waals surface area contributed by atoms with Crippen LogP contribution in [0.3, 0.4) is 0 Å². The van der Waals surface area contributed by atoms with Gasteiger partial charge >= 0.3 is 0 Å². The van der Waals surface area contributed by atoms with Crippen molar-refractivity contribution in [2.75, 3.05) is 5.43 Å². The Kier molecular flexibility index (Phi) is 3.90. The number of hydrazone groups is 1. The summed E-state index contributed by atoms with van der Waals surface area (Å²) in [7, 11) is 0. The van der Waals surface area contributed by atoms with Gasteiger partial charge in [-0.3, -0.25) is 5.43 Å². The van der Waals surface area contributed by atoms with Gasteiger partial charge in [-0.25, -0.2) is 9.97 Å². The van der Waals surface area contributed by atoms with Crippen LogP contribution in [0.25, 0.3) is 10.2 Å². The van der Waals surface area contributed by atoms with Gasteiger partial charge in [0.2, 0.25) is 0 Å². The molecular formula is C18H18N4OS. The third kappa shape index (κ3) is 2.73. The van der Waals surface area contributed by atoms with Crippen LogP contribution in [-0.2, 0) is 12.8 Å². The van der Waals surface area contributed by atoms with Gasteiger partial charge < -0.3 is 5.11 Å². The van der Waals surface area contributed by atoms with Gasteiger partial charge in [0.15, 0.2) is 5.82 Å². The van der Waals surface area contributed by atoms with Crippen LogP contribution in [0.4, 0.5) is 5.82 Å². The maximum Gasteiger partial charge on any atom is 0.158 e. The Bertz CT molecular complexity index is 932. The van der Waals surface area contributed by atoms with E-state index in [0.29, 0.717) is 5.56 Å². The number of aromatic nitrogens is 2. The minimum Gasteiger partial charge on any atom is -0.507 e. The highest BCUT2D eigenvalue weighted by atomic mass is 32.1. The van der Waals surface area contributed by atoms with Crippen molar-refractivity contribution in [2.45, 2.75) is 32.6 Å². The number of phenolic OH excluding ortho intramolecular Hbond substituents is 1. The zero-order valence-electron chi connectivity index (χ0n) is 13.4. The molecule has 1 aliphatic carbocycles. The molecule has 0 unspecified atom stereocenters. The van der Waals surface area contributed by atoms with Crippen molar-refractivity contribution >= 4 is 33.6 Å². The molecule has 5 nitrogen and oxygen atoms in total. The Hall–Kier alpha value is -2.47. The highest BCUT2D eigenvalue weighted by Gasteiger charge is 2.19. The third-order valence-electron chi connectivity index (χ3n) is 4.31. The van der Waals surface area contributed by atoms with Gasteiger partial charge in [0.05, 0.1) is 11.6 Å². The van der Waals surface area contributed by atoms with Crippen molar-refractivity contribution < 1.29 is 5.11 Å². The average molecular weight is 338 g/mol. The summed E-state index contributed by atoms with van der Waals surface area (Å²) in [5.74, 6) is 0.953. The van der Waals surface area contributed by atoms with Gasteiger partial charge in [0, 0.05) is 10.4 Å². The second kappa shape index (κ2) is 6.20. The molecule has 1 aromatic carbocycles. The molecule has 2 heterocycles. The Balaban J connectivity index is 1.66. The Morgan fingerprint density at radius 1 is 1.25 bits per heavy atom. The maximum absolute atomic E-state index is 9.89. The van der Waals surface area contributed by atoms with E-state index in [-0.39, 0.29) is 5.75 Å². The number of aryl methyl sites for hydroxylation is 3. The van der Waals surface area contributed by atoms with E-state index in [2.05, 4.69) is 20.5 Å². The fraction of sp³-hybridized carbons (Fsp3) is 0.278. The van der Waals surface area contributed by atoms with Crippen molar-refractivity contribution in [2.24, 2.45) is 5.10 Å². The molecule has 0 radical (unpaired) electrons. The number of fused-ring (bicyclic) bond motifs is 3. The third-order valence-corrected chi connectivity index (χ3v) is 5.51. The predicted octanol–water partition coefficient (Wildman–Crippen LogP) is 4.03. The van der Waals surface area contributed by atoms with Crippen molar-refractivity contribution in [3.05, 3.63) is 46.1 Å². The normalized spacial score (nSPS) is 14.2. The summed E-state index contributed by atoms with van der Waals surface area (Å²) in [4.78, 5) is 11.2. The van der Waals surface area contributed by atoms with Crippen molar-refractivity contribution in [1.29, 1.82) is 0 Å². The Morgan fingerprint density at radius 3 is 3.04 bits per heavy atom.